The molecule has 0 atom stereocenters. The fourth-order valence-corrected chi connectivity index (χ4v) is 3.12. The van der Waals surface area contributed by atoms with E-state index in [9.17, 15) is 9.59 Å². The number of carbonyl (C=O) groups is 1. The Kier molecular flexibility index (Phi) is 5.90. The number of benzene rings is 2. The molecule has 6 nitrogen and oxygen atoms in total. The van der Waals surface area contributed by atoms with E-state index in [2.05, 4.69) is 4.74 Å². The second-order valence-electron chi connectivity index (χ2n) is 6.13. The van der Waals surface area contributed by atoms with Gasteiger partial charge < -0.3 is 18.6 Å². The highest BCUT2D eigenvalue weighted by Gasteiger charge is 2.17. The van der Waals surface area contributed by atoms with Gasteiger partial charge in [0, 0.05) is 17.0 Å². The number of esters is 1. The van der Waals surface area contributed by atoms with Crippen LogP contribution in [0.3, 0.4) is 0 Å². The van der Waals surface area contributed by atoms with Gasteiger partial charge in [0.2, 0.25) is 0 Å². The van der Waals surface area contributed by atoms with Gasteiger partial charge in [-0.1, -0.05) is 29.8 Å². The van der Waals surface area contributed by atoms with E-state index in [4.69, 9.17) is 25.5 Å². The number of carbonyl (C=O) groups excluding carboxylic acids is 1. The third-order valence-corrected chi connectivity index (χ3v) is 4.76. The molecule has 7 heteroatoms. The van der Waals surface area contributed by atoms with Gasteiger partial charge in [-0.3, -0.25) is 4.79 Å². The maximum Gasteiger partial charge on any atom is 0.340 e. The molecule has 0 aliphatic carbocycles. The molecule has 2 aromatic carbocycles. The van der Waals surface area contributed by atoms with Crippen molar-refractivity contribution in [1.82, 2.24) is 0 Å². The molecule has 0 aliphatic rings. The fraction of sp³-hybridized carbons (Fsp3) is 0.238. The second kappa shape index (κ2) is 8.35. The average molecular weight is 403 g/mol. The Balaban J connectivity index is 1.95. The van der Waals surface area contributed by atoms with Crippen LogP contribution in [0.5, 0.6) is 11.5 Å². The summed E-state index contributed by atoms with van der Waals surface area (Å²) in [5.74, 6) is 0.565. The van der Waals surface area contributed by atoms with Gasteiger partial charge in [-0.25, -0.2) is 4.79 Å². The minimum Gasteiger partial charge on any atom is -0.496 e. The summed E-state index contributed by atoms with van der Waals surface area (Å²) in [6.07, 6.45) is -0.162. The van der Waals surface area contributed by atoms with Crippen LogP contribution in [0.4, 0.5) is 0 Å². The predicted octanol–water partition coefficient (Wildman–Crippen LogP) is 4.06. The van der Waals surface area contributed by atoms with Crippen LogP contribution in [0.1, 0.15) is 16.7 Å². The van der Waals surface area contributed by atoms with Crippen LogP contribution in [0.2, 0.25) is 5.02 Å². The zero-order chi connectivity index (χ0) is 20.3. The van der Waals surface area contributed by atoms with Gasteiger partial charge in [0.15, 0.2) is 0 Å². The molecule has 1 aromatic heterocycles. The molecule has 0 saturated carbocycles. The van der Waals surface area contributed by atoms with Crippen molar-refractivity contribution in [3.63, 3.8) is 0 Å². The number of fused-ring (bicyclic) bond motifs is 1. The summed E-state index contributed by atoms with van der Waals surface area (Å²) in [5.41, 5.74) is 1.46. The Morgan fingerprint density at radius 1 is 1.14 bits per heavy atom. The van der Waals surface area contributed by atoms with Crippen molar-refractivity contribution in [3.05, 3.63) is 68.5 Å². The number of methoxy groups -OCH3 is 2. The van der Waals surface area contributed by atoms with Crippen molar-refractivity contribution >= 4 is 28.5 Å². The number of ether oxygens (including phenoxy) is 3. The van der Waals surface area contributed by atoms with Crippen molar-refractivity contribution in [1.29, 1.82) is 0 Å². The largest absolute Gasteiger partial charge is 0.496 e. The first-order valence-corrected chi connectivity index (χ1v) is 8.89. The summed E-state index contributed by atoms with van der Waals surface area (Å²) < 4.78 is 21.1. The summed E-state index contributed by atoms with van der Waals surface area (Å²) >= 11 is 6.37. The first-order valence-electron chi connectivity index (χ1n) is 8.52. The molecule has 3 rings (SSSR count). The average Bonchev–Trinajstić information content (AvgIpc) is 2.70. The molecule has 0 N–H and O–H groups in total. The lowest BCUT2D eigenvalue weighted by atomic mass is 10.0. The van der Waals surface area contributed by atoms with Crippen LogP contribution in [-0.2, 0) is 22.6 Å². The van der Waals surface area contributed by atoms with Crippen LogP contribution in [0.25, 0.3) is 11.0 Å². The van der Waals surface area contributed by atoms with Crippen LogP contribution >= 0.6 is 11.6 Å². The summed E-state index contributed by atoms with van der Waals surface area (Å²) in [7, 11) is 2.85. The highest BCUT2D eigenvalue weighted by Crippen LogP contribution is 2.33. The first-order chi connectivity index (χ1) is 13.4. The van der Waals surface area contributed by atoms with Gasteiger partial charge in [-0.15, -0.1) is 0 Å². The summed E-state index contributed by atoms with van der Waals surface area (Å²) in [6.45, 7) is 1.97. The number of rotatable bonds is 6. The lowest BCUT2D eigenvalue weighted by Gasteiger charge is -2.13. The number of hydrogen-bond donors (Lipinski definition) is 0. The summed E-state index contributed by atoms with van der Waals surface area (Å²) in [5, 5.41) is 0.997. The van der Waals surface area contributed by atoms with E-state index in [1.54, 1.807) is 26.2 Å². The zero-order valence-electron chi connectivity index (χ0n) is 15.7. The minimum absolute atomic E-state index is 0.162. The molecular formula is C21H19ClO6. The highest BCUT2D eigenvalue weighted by molar-refractivity contribution is 6.32. The molecule has 0 bridgehead atoms. The molecule has 1 heterocycles. The summed E-state index contributed by atoms with van der Waals surface area (Å²) in [4.78, 5) is 23.9. The fourth-order valence-electron chi connectivity index (χ4n) is 2.90. The van der Waals surface area contributed by atoms with E-state index in [1.165, 1.54) is 7.11 Å². The van der Waals surface area contributed by atoms with Crippen LogP contribution < -0.4 is 15.1 Å². The predicted molar refractivity (Wildman–Crippen MR) is 105 cm³/mol. The monoisotopic (exact) mass is 402 g/mol. The van der Waals surface area contributed by atoms with Gasteiger partial charge in [0.1, 0.15) is 23.7 Å². The lowest BCUT2D eigenvalue weighted by molar-refractivity contribution is -0.139. The van der Waals surface area contributed by atoms with Crippen molar-refractivity contribution in [3.8, 4) is 11.5 Å². The normalized spacial score (nSPS) is 10.7. The molecule has 0 fully saturated rings. The van der Waals surface area contributed by atoms with Crippen LogP contribution in [0, 0.1) is 6.92 Å². The Morgan fingerprint density at radius 2 is 1.89 bits per heavy atom. The molecule has 28 heavy (non-hydrogen) atoms. The Morgan fingerprint density at radius 3 is 2.61 bits per heavy atom. The number of aryl methyl sites for hydroxylation is 1. The van der Waals surface area contributed by atoms with E-state index < -0.39 is 11.6 Å². The first kappa shape index (κ1) is 19.8. The van der Waals surface area contributed by atoms with Gasteiger partial charge in [-0.2, -0.15) is 0 Å². The van der Waals surface area contributed by atoms with E-state index >= 15 is 0 Å². The van der Waals surface area contributed by atoms with E-state index in [0.29, 0.717) is 33.1 Å². The quantitative estimate of drug-likeness (QED) is 0.457. The number of para-hydroxylation sites is 1. The summed E-state index contributed by atoms with van der Waals surface area (Å²) in [6, 6.07) is 10.7. The molecule has 0 amide bonds. The molecule has 0 radical (unpaired) electrons. The number of hydrogen-bond acceptors (Lipinski definition) is 6. The van der Waals surface area contributed by atoms with Crippen LogP contribution in [-0.4, -0.2) is 20.2 Å². The van der Waals surface area contributed by atoms with Crippen LogP contribution in [0.15, 0.2) is 45.6 Å². The lowest BCUT2D eigenvalue weighted by Crippen LogP contribution is -2.16. The number of halogens is 1. The van der Waals surface area contributed by atoms with Gasteiger partial charge in [0.25, 0.3) is 0 Å². The van der Waals surface area contributed by atoms with E-state index in [-0.39, 0.29) is 18.6 Å². The van der Waals surface area contributed by atoms with Gasteiger partial charge >= 0.3 is 11.6 Å². The molecular weight excluding hydrogens is 384 g/mol. The maximum absolute atomic E-state index is 12.3. The Hall–Kier alpha value is -2.99. The van der Waals surface area contributed by atoms with E-state index in [1.807, 2.05) is 24.3 Å². The SMILES string of the molecule is COC(=O)Cc1c(C)c2cc(Cl)c(OCc3ccccc3OC)cc2oc1=O. The van der Waals surface area contributed by atoms with Crippen molar-refractivity contribution < 1.29 is 23.4 Å². The molecule has 0 unspecified atom stereocenters. The molecule has 0 aliphatic heterocycles. The van der Waals surface area contributed by atoms with Crippen molar-refractivity contribution in [2.24, 2.45) is 0 Å². The molecule has 0 saturated heterocycles. The topological polar surface area (TPSA) is 75.0 Å². The van der Waals surface area contributed by atoms with Crippen molar-refractivity contribution in [2.45, 2.75) is 20.0 Å². The molecule has 146 valence electrons. The third kappa shape index (κ3) is 3.97. The second-order valence-corrected chi connectivity index (χ2v) is 6.53. The van der Waals surface area contributed by atoms with Gasteiger partial charge in [-0.05, 0) is 24.6 Å². The highest BCUT2D eigenvalue weighted by atomic mass is 35.5. The van der Waals surface area contributed by atoms with E-state index in [0.717, 1.165) is 5.56 Å². The standard InChI is InChI=1S/C21H19ClO6/c1-12-14-8-16(22)19(27-11-13-6-4-5-7-17(13)25-2)10-18(14)28-21(24)15(12)9-20(23)26-3/h4-8,10H,9,11H2,1-3H3. The zero-order valence-corrected chi connectivity index (χ0v) is 16.5. The minimum atomic E-state index is -0.589. The maximum atomic E-state index is 12.3. The molecule has 3 aromatic rings. The third-order valence-electron chi connectivity index (χ3n) is 4.46. The van der Waals surface area contributed by atoms with Crippen molar-refractivity contribution in [2.75, 3.05) is 14.2 Å². The Bertz CT molecular complexity index is 1090. The van der Waals surface area contributed by atoms with Gasteiger partial charge in [0.05, 0.1) is 31.2 Å². The molecule has 0 spiro atoms. The Labute approximate surface area is 166 Å². The smallest absolute Gasteiger partial charge is 0.340 e.